The number of nitro benzene ring substituents is 1. The highest BCUT2D eigenvalue weighted by Gasteiger charge is 2.12. The van der Waals surface area contributed by atoms with E-state index in [1.165, 1.54) is 6.07 Å². The van der Waals surface area contributed by atoms with Gasteiger partial charge in [-0.2, -0.15) is 0 Å². The summed E-state index contributed by atoms with van der Waals surface area (Å²) in [5.74, 6) is 0. The Morgan fingerprint density at radius 3 is 2.82 bits per heavy atom. The third-order valence-electron chi connectivity index (χ3n) is 2.66. The van der Waals surface area contributed by atoms with Crippen molar-refractivity contribution in [3.63, 3.8) is 0 Å². The van der Waals surface area contributed by atoms with E-state index in [1.807, 2.05) is 0 Å². The minimum Gasteiger partial charge on any atom is -0.390 e. The molecule has 0 aliphatic heterocycles. The Kier molecular flexibility index (Phi) is 2.93. The van der Waals surface area contributed by atoms with Gasteiger partial charge in [-0.3, -0.25) is 10.1 Å². The van der Waals surface area contributed by atoms with Crippen LogP contribution in [0.15, 0.2) is 36.5 Å². The number of aliphatic hydroxyl groups is 1. The summed E-state index contributed by atoms with van der Waals surface area (Å²) < 4.78 is 1.73. The van der Waals surface area contributed by atoms with E-state index in [2.05, 4.69) is 0 Å². The fraction of sp³-hybridized carbons (Fsp3) is 0.167. The quantitative estimate of drug-likeness (QED) is 0.651. The van der Waals surface area contributed by atoms with Gasteiger partial charge in [-0.1, -0.05) is 6.07 Å². The molecule has 1 aromatic heterocycles. The van der Waals surface area contributed by atoms with Crippen molar-refractivity contribution >= 4 is 5.69 Å². The largest absolute Gasteiger partial charge is 0.390 e. The van der Waals surface area contributed by atoms with E-state index in [1.54, 1.807) is 42.0 Å². The van der Waals surface area contributed by atoms with Gasteiger partial charge in [0.25, 0.3) is 5.69 Å². The molecule has 88 valence electrons. The first kappa shape index (κ1) is 11.3. The molecule has 0 saturated carbocycles. The topological polar surface area (TPSA) is 68.3 Å². The van der Waals surface area contributed by atoms with Crippen LogP contribution in [0.5, 0.6) is 0 Å². The molecule has 0 saturated heterocycles. The van der Waals surface area contributed by atoms with Crippen molar-refractivity contribution in [2.45, 2.75) is 13.5 Å². The Labute approximate surface area is 98.1 Å². The van der Waals surface area contributed by atoms with Crippen molar-refractivity contribution in [2.24, 2.45) is 0 Å². The molecule has 17 heavy (non-hydrogen) atoms. The molecule has 0 atom stereocenters. The van der Waals surface area contributed by atoms with Crippen molar-refractivity contribution < 1.29 is 10.0 Å². The zero-order valence-electron chi connectivity index (χ0n) is 9.33. The molecule has 0 unspecified atom stereocenters. The molecule has 0 aliphatic carbocycles. The van der Waals surface area contributed by atoms with Crippen molar-refractivity contribution in [1.82, 2.24) is 4.57 Å². The van der Waals surface area contributed by atoms with E-state index < -0.39 is 4.92 Å². The number of hydrogen-bond acceptors (Lipinski definition) is 3. The van der Waals surface area contributed by atoms with Gasteiger partial charge in [-0.15, -0.1) is 0 Å². The van der Waals surface area contributed by atoms with Crippen molar-refractivity contribution in [2.75, 3.05) is 0 Å². The molecule has 5 heteroatoms. The molecule has 0 aliphatic rings. The number of aliphatic hydroxyl groups excluding tert-OH is 1. The predicted molar refractivity (Wildman–Crippen MR) is 63.1 cm³/mol. The molecule has 0 radical (unpaired) electrons. The van der Waals surface area contributed by atoms with Gasteiger partial charge in [0.2, 0.25) is 0 Å². The second-order valence-corrected chi connectivity index (χ2v) is 3.76. The summed E-state index contributed by atoms with van der Waals surface area (Å²) in [5, 5.41) is 20.0. The number of nitrogens with zero attached hydrogens (tertiary/aromatic N) is 2. The molecule has 1 N–H and O–H groups in total. The van der Waals surface area contributed by atoms with E-state index in [0.717, 1.165) is 0 Å². The van der Waals surface area contributed by atoms with Crippen LogP contribution in [0.2, 0.25) is 0 Å². The number of aryl methyl sites for hydroxylation is 1. The van der Waals surface area contributed by atoms with E-state index in [-0.39, 0.29) is 12.3 Å². The first-order chi connectivity index (χ1) is 8.13. The highest BCUT2D eigenvalue weighted by Crippen LogP contribution is 2.22. The van der Waals surface area contributed by atoms with Crippen LogP contribution in [0.3, 0.4) is 0 Å². The van der Waals surface area contributed by atoms with E-state index >= 15 is 0 Å². The highest BCUT2D eigenvalue weighted by atomic mass is 16.6. The van der Waals surface area contributed by atoms with Gasteiger partial charge in [0.1, 0.15) is 0 Å². The van der Waals surface area contributed by atoms with Gasteiger partial charge in [0.05, 0.1) is 17.2 Å². The minimum absolute atomic E-state index is 0.0834. The van der Waals surface area contributed by atoms with Crippen LogP contribution in [0, 0.1) is 17.0 Å². The smallest absolute Gasteiger partial charge is 0.274 e. The number of aromatic nitrogens is 1. The number of rotatable bonds is 3. The number of benzene rings is 1. The average molecular weight is 232 g/mol. The maximum atomic E-state index is 10.8. The molecule has 0 spiro atoms. The summed E-state index contributed by atoms with van der Waals surface area (Å²) in [4.78, 5) is 10.4. The standard InChI is InChI=1S/C12H12N2O3/c1-9-4-5-10(7-12(9)14(16)17)13-6-2-3-11(13)8-15/h2-7,15H,8H2,1H3. The van der Waals surface area contributed by atoms with Gasteiger partial charge in [0.15, 0.2) is 0 Å². The van der Waals surface area contributed by atoms with E-state index in [0.29, 0.717) is 16.9 Å². The molecule has 1 aromatic carbocycles. The second-order valence-electron chi connectivity index (χ2n) is 3.76. The summed E-state index contributed by atoms with van der Waals surface area (Å²) in [5.41, 5.74) is 2.08. The van der Waals surface area contributed by atoms with Gasteiger partial charge < -0.3 is 9.67 Å². The first-order valence-corrected chi connectivity index (χ1v) is 5.16. The lowest BCUT2D eigenvalue weighted by atomic mass is 10.2. The summed E-state index contributed by atoms with van der Waals surface area (Å²) in [6.45, 7) is 1.60. The molecule has 0 amide bonds. The van der Waals surface area contributed by atoms with E-state index in [9.17, 15) is 10.1 Å². The summed E-state index contributed by atoms with van der Waals surface area (Å²) in [6, 6.07) is 8.56. The van der Waals surface area contributed by atoms with Crippen LogP contribution in [-0.4, -0.2) is 14.6 Å². The maximum Gasteiger partial charge on any atom is 0.274 e. The summed E-state index contributed by atoms with van der Waals surface area (Å²) in [7, 11) is 0. The van der Waals surface area contributed by atoms with Crippen LogP contribution < -0.4 is 0 Å². The Hall–Kier alpha value is -2.14. The summed E-state index contributed by atoms with van der Waals surface area (Å²) >= 11 is 0. The fourth-order valence-electron chi connectivity index (χ4n) is 1.74. The van der Waals surface area contributed by atoms with Crippen molar-refractivity contribution in [3.8, 4) is 5.69 Å². The third kappa shape index (κ3) is 2.05. The average Bonchev–Trinajstić information content (AvgIpc) is 2.77. The van der Waals surface area contributed by atoms with Crippen molar-refractivity contribution in [1.29, 1.82) is 0 Å². The molecule has 2 aromatic rings. The number of hydrogen-bond donors (Lipinski definition) is 1. The normalized spacial score (nSPS) is 10.5. The Morgan fingerprint density at radius 2 is 2.18 bits per heavy atom. The van der Waals surface area contributed by atoms with Crippen LogP contribution in [0.4, 0.5) is 5.69 Å². The molecule has 2 rings (SSSR count). The Balaban J connectivity index is 2.54. The van der Waals surface area contributed by atoms with Gasteiger partial charge in [0, 0.05) is 23.5 Å². The Morgan fingerprint density at radius 1 is 1.41 bits per heavy atom. The lowest BCUT2D eigenvalue weighted by Crippen LogP contribution is -2.00. The zero-order chi connectivity index (χ0) is 12.4. The molecule has 5 nitrogen and oxygen atoms in total. The Bertz CT molecular complexity index is 561. The first-order valence-electron chi connectivity index (χ1n) is 5.16. The van der Waals surface area contributed by atoms with E-state index in [4.69, 9.17) is 5.11 Å². The minimum atomic E-state index is -0.402. The molecule has 0 fully saturated rings. The second kappa shape index (κ2) is 4.39. The van der Waals surface area contributed by atoms with Gasteiger partial charge in [-0.05, 0) is 25.1 Å². The summed E-state index contributed by atoms with van der Waals surface area (Å²) in [6.07, 6.45) is 1.76. The lowest BCUT2D eigenvalue weighted by molar-refractivity contribution is -0.385. The fourth-order valence-corrected chi connectivity index (χ4v) is 1.74. The molecule has 0 bridgehead atoms. The monoisotopic (exact) mass is 232 g/mol. The van der Waals surface area contributed by atoms with Crippen LogP contribution in [0.1, 0.15) is 11.3 Å². The molecular formula is C12H12N2O3. The zero-order valence-corrected chi connectivity index (χ0v) is 9.33. The highest BCUT2D eigenvalue weighted by molar-refractivity contribution is 5.49. The van der Waals surface area contributed by atoms with Gasteiger partial charge >= 0.3 is 0 Å². The number of nitro groups is 1. The lowest BCUT2D eigenvalue weighted by Gasteiger charge is -2.08. The predicted octanol–water partition coefficient (Wildman–Crippen LogP) is 2.19. The van der Waals surface area contributed by atoms with Crippen LogP contribution in [0.25, 0.3) is 5.69 Å². The van der Waals surface area contributed by atoms with Gasteiger partial charge in [-0.25, -0.2) is 0 Å². The van der Waals surface area contributed by atoms with Crippen LogP contribution in [-0.2, 0) is 6.61 Å². The third-order valence-corrected chi connectivity index (χ3v) is 2.66. The maximum absolute atomic E-state index is 10.8. The van der Waals surface area contributed by atoms with Crippen LogP contribution >= 0.6 is 0 Å². The molecule has 1 heterocycles. The SMILES string of the molecule is Cc1ccc(-n2cccc2CO)cc1[N+](=O)[O-]. The molecular weight excluding hydrogens is 220 g/mol. The van der Waals surface area contributed by atoms with Crippen molar-refractivity contribution in [3.05, 3.63) is 57.9 Å².